The van der Waals surface area contributed by atoms with Crippen molar-refractivity contribution >= 4 is 11.6 Å². The summed E-state index contributed by atoms with van der Waals surface area (Å²) in [6, 6.07) is 6.56. The predicted molar refractivity (Wildman–Crippen MR) is 82.1 cm³/mol. The zero-order valence-electron chi connectivity index (χ0n) is 13.0. The van der Waals surface area contributed by atoms with Crippen LogP contribution in [0.25, 0.3) is 0 Å². The molecule has 0 atom stereocenters. The molecule has 1 N–H and O–H groups in total. The average molecular weight is 340 g/mol. The third kappa shape index (κ3) is 4.15. The zero-order chi connectivity index (χ0) is 17.9. The van der Waals surface area contributed by atoms with E-state index in [0.29, 0.717) is 28.3 Å². The Bertz CT molecular complexity index is 813. The van der Waals surface area contributed by atoms with E-state index in [0.717, 1.165) is 11.6 Å². The molecule has 0 spiro atoms. The van der Waals surface area contributed by atoms with Gasteiger partial charge in [0.25, 0.3) is 5.56 Å². The van der Waals surface area contributed by atoms with Gasteiger partial charge in [-0.1, -0.05) is 6.07 Å². The van der Waals surface area contributed by atoms with Crippen molar-refractivity contribution in [1.82, 2.24) is 4.57 Å². The second-order valence-electron chi connectivity index (χ2n) is 5.13. The first kappa shape index (κ1) is 17.6. The van der Waals surface area contributed by atoms with Crippen LogP contribution in [-0.2, 0) is 17.5 Å². The highest BCUT2D eigenvalue weighted by Gasteiger charge is 2.31. The van der Waals surface area contributed by atoms with Gasteiger partial charge in [0.15, 0.2) is 0 Å². The number of carbonyl (C=O) groups is 1. The number of amides is 1. The quantitative estimate of drug-likeness (QED) is 0.931. The molecule has 0 radical (unpaired) electrons. The fraction of sp³-hybridized carbons (Fsp3) is 0.250. The Labute approximate surface area is 135 Å². The number of anilines is 1. The summed E-state index contributed by atoms with van der Waals surface area (Å²) in [5.74, 6) is -0.231. The summed E-state index contributed by atoms with van der Waals surface area (Å²) in [6.07, 6.45) is -3.97. The largest absolute Gasteiger partial charge is 0.495 e. The molecule has 0 bridgehead atoms. The van der Waals surface area contributed by atoms with Gasteiger partial charge in [-0.2, -0.15) is 13.2 Å². The number of benzene rings is 1. The van der Waals surface area contributed by atoms with E-state index in [9.17, 15) is 22.8 Å². The SMILES string of the molecule is COc1ccc(C)cc1NC(=O)Cn1cc(C(F)(F)F)ccc1=O. The molecule has 1 aromatic heterocycles. The molecule has 1 aromatic carbocycles. The van der Waals surface area contributed by atoms with Crippen LogP contribution in [0, 0.1) is 6.92 Å². The number of aromatic nitrogens is 1. The molecule has 0 fully saturated rings. The number of hydrogen-bond donors (Lipinski definition) is 1. The summed E-state index contributed by atoms with van der Waals surface area (Å²) >= 11 is 0. The van der Waals surface area contributed by atoms with Crippen molar-refractivity contribution < 1.29 is 22.7 Å². The van der Waals surface area contributed by atoms with Gasteiger partial charge in [0.2, 0.25) is 5.91 Å². The van der Waals surface area contributed by atoms with Gasteiger partial charge >= 0.3 is 6.18 Å². The van der Waals surface area contributed by atoms with E-state index in [1.165, 1.54) is 7.11 Å². The van der Waals surface area contributed by atoms with E-state index in [4.69, 9.17) is 4.74 Å². The van der Waals surface area contributed by atoms with E-state index >= 15 is 0 Å². The van der Waals surface area contributed by atoms with Crippen molar-refractivity contribution in [2.75, 3.05) is 12.4 Å². The molecule has 5 nitrogen and oxygen atoms in total. The molecule has 2 rings (SSSR count). The normalized spacial score (nSPS) is 11.2. The van der Waals surface area contributed by atoms with E-state index in [2.05, 4.69) is 5.32 Å². The minimum atomic E-state index is -4.59. The number of aryl methyl sites for hydroxylation is 1. The lowest BCUT2D eigenvalue weighted by Crippen LogP contribution is -2.28. The molecule has 2 aromatic rings. The Morgan fingerprint density at radius 2 is 1.96 bits per heavy atom. The fourth-order valence-corrected chi connectivity index (χ4v) is 2.09. The number of hydrogen-bond acceptors (Lipinski definition) is 3. The van der Waals surface area contributed by atoms with Crippen LogP contribution in [0.15, 0.2) is 41.3 Å². The summed E-state index contributed by atoms with van der Waals surface area (Å²) in [7, 11) is 1.43. The summed E-state index contributed by atoms with van der Waals surface area (Å²) < 4.78 is 43.9. The highest BCUT2D eigenvalue weighted by Crippen LogP contribution is 2.28. The van der Waals surface area contributed by atoms with Gasteiger partial charge in [-0.15, -0.1) is 0 Å². The molecular formula is C16H15F3N2O3. The third-order valence-corrected chi connectivity index (χ3v) is 3.25. The van der Waals surface area contributed by atoms with Gasteiger partial charge in [0, 0.05) is 12.3 Å². The standard InChI is InChI=1S/C16H15F3N2O3/c1-10-3-5-13(24-2)12(7-10)20-14(22)9-21-8-11(16(17,18)19)4-6-15(21)23/h3-8H,9H2,1-2H3,(H,20,22). The number of rotatable bonds is 4. The molecule has 24 heavy (non-hydrogen) atoms. The number of methoxy groups -OCH3 is 1. The molecule has 0 aliphatic carbocycles. The minimum absolute atomic E-state index is 0.377. The summed E-state index contributed by atoms with van der Waals surface area (Å²) in [5.41, 5.74) is -0.456. The number of pyridine rings is 1. The predicted octanol–water partition coefficient (Wildman–Crippen LogP) is 2.82. The van der Waals surface area contributed by atoms with Gasteiger partial charge in [-0.25, -0.2) is 0 Å². The van der Waals surface area contributed by atoms with Gasteiger partial charge in [0.05, 0.1) is 18.4 Å². The van der Waals surface area contributed by atoms with Crippen LogP contribution in [0.2, 0.25) is 0 Å². The van der Waals surface area contributed by atoms with Crippen molar-refractivity contribution in [2.24, 2.45) is 0 Å². The molecule has 1 heterocycles. The summed E-state index contributed by atoms with van der Waals surface area (Å²) in [4.78, 5) is 23.7. The lowest BCUT2D eigenvalue weighted by atomic mass is 10.2. The first-order valence-corrected chi connectivity index (χ1v) is 6.93. The maximum atomic E-state index is 12.7. The van der Waals surface area contributed by atoms with E-state index in [-0.39, 0.29) is 0 Å². The highest BCUT2D eigenvalue weighted by molar-refractivity contribution is 5.92. The van der Waals surface area contributed by atoms with Gasteiger partial charge in [-0.3, -0.25) is 9.59 Å². The minimum Gasteiger partial charge on any atom is -0.495 e. The first-order valence-electron chi connectivity index (χ1n) is 6.93. The molecule has 1 amide bonds. The second kappa shape index (κ2) is 6.77. The smallest absolute Gasteiger partial charge is 0.417 e. The number of ether oxygens (including phenoxy) is 1. The fourth-order valence-electron chi connectivity index (χ4n) is 2.09. The lowest BCUT2D eigenvalue weighted by Gasteiger charge is -2.13. The van der Waals surface area contributed by atoms with Crippen molar-refractivity contribution in [3.05, 3.63) is 58.0 Å². The van der Waals surface area contributed by atoms with Gasteiger partial charge in [-0.05, 0) is 30.7 Å². The van der Waals surface area contributed by atoms with Crippen LogP contribution in [0.1, 0.15) is 11.1 Å². The van der Waals surface area contributed by atoms with Crippen LogP contribution in [0.4, 0.5) is 18.9 Å². The van der Waals surface area contributed by atoms with Crippen molar-refractivity contribution in [3.8, 4) is 5.75 Å². The Morgan fingerprint density at radius 3 is 2.58 bits per heavy atom. The van der Waals surface area contributed by atoms with Crippen molar-refractivity contribution in [1.29, 1.82) is 0 Å². The molecule has 0 saturated carbocycles. The Hall–Kier alpha value is -2.77. The average Bonchev–Trinajstić information content (AvgIpc) is 2.48. The third-order valence-electron chi connectivity index (χ3n) is 3.25. The van der Waals surface area contributed by atoms with Gasteiger partial charge < -0.3 is 14.6 Å². The number of nitrogens with one attached hydrogen (secondary N) is 1. The molecular weight excluding hydrogens is 325 g/mol. The van der Waals surface area contributed by atoms with Crippen LogP contribution in [-0.4, -0.2) is 17.6 Å². The van der Waals surface area contributed by atoms with Gasteiger partial charge in [0.1, 0.15) is 12.3 Å². The number of halogens is 3. The van der Waals surface area contributed by atoms with Crippen LogP contribution in [0.5, 0.6) is 5.75 Å². The topological polar surface area (TPSA) is 60.3 Å². The Balaban J connectivity index is 2.22. The van der Waals surface area contributed by atoms with Crippen molar-refractivity contribution in [3.63, 3.8) is 0 Å². The molecule has 0 aliphatic heterocycles. The molecule has 128 valence electrons. The number of carbonyl (C=O) groups excluding carboxylic acids is 1. The highest BCUT2D eigenvalue weighted by atomic mass is 19.4. The summed E-state index contributed by atoms with van der Waals surface area (Å²) in [5, 5.41) is 2.53. The molecule has 0 saturated heterocycles. The summed E-state index contributed by atoms with van der Waals surface area (Å²) in [6.45, 7) is 1.27. The van der Waals surface area contributed by atoms with E-state index in [1.54, 1.807) is 18.2 Å². The number of alkyl halides is 3. The van der Waals surface area contributed by atoms with Crippen LogP contribution < -0.4 is 15.6 Å². The maximum Gasteiger partial charge on any atom is 0.417 e. The lowest BCUT2D eigenvalue weighted by molar-refractivity contribution is -0.138. The van der Waals surface area contributed by atoms with E-state index < -0.39 is 29.8 Å². The second-order valence-corrected chi connectivity index (χ2v) is 5.13. The molecule has 0 unspecified atom stereocenters. The monoisotopic (exact) mass is 340 g/mol. The maximum absolute atomic E-state index is 12.7. The first-order chi connectivity index (χ1) is 11.2. The van der Waals surface area contributed by atoms with Crippen LogP contribution >= 0.6 is 0 Å². The van der Waals surface area contributed by atoms with Crippen molar-refractivity contribution in [2.45, 2.75) is 19.6 Å². The van der Waals surface area contributed by atoms with E-state index in [1.807, 2.05) is 6.92 Å². The zero-order valence-corrected chi connectivity index (χ0v) is 13.0. The Kier molecular flexibility index (Phi) is 4.96. The molecule has 0 aliphatic rings. The number of nitrogens with zero attached hydrogens (tertiary/aromatic N) is 1. The molecule has 8 heteroatoms. The Morgan fingerprint density at radius 1 is 1.25 bits per heavy atom. The van der Waals surface area contributed by atoms with Crippen LogP contribution in [0.3, 0.4) is 0 Å².